The van der Waals surface area contributed by atoms with Gasteiger partial charge in [0.1, 0.15) is 0 Å². The van der Waals surface area contributed by atoms with E-state index < -0.39 is 4.92 Å². The molecule has 0 unspecified atom stereocenters. The van der Waals surface area contributed by atoms with Crippen LogP contribution in [0.15, 0.2) is 54.1 Å². The highest BCUT2D eigenvalue weighted by Gasteiger charge is 2.04. The van der Waals surface area contributed by atoms with Crippen molar-refractivity contribution in [2.24, 2.45) is 0 Å². The topological polar surface area (TPSA) is 85.1 Å². The summed E-state index contributed by atoms with van der Waals surface area (Å²) in [6.07, 6.45) is 2.99. The molecule has 114 valence electrons. The predicted octanol–water partition coefficient (Wildman–Crippen LogP) is 3.86. The number of nitro benzene ring substituents is 1. The number of amides is 1. The van der Waals surface area contributed by atoms with Crippen LogP contribution in [0.1, 0.15) is 5.56 Å². The average molecular weight is 325 g/mol. The highest BCUT2D eigenvalue weighted by atomic mass is 32.1. The number of thiazole rings is 1. The molecule has 23 heavy (non-hydrogen) atoms. The molecule has 3 aromatic rings. The lowest BCUT2D eigenvalue weighted by atomic mass is 10.2. The average Bonchev–Trinajstić information content (AvgIpc) is 3.01. The molecular weight excluding hydrogens is 314 g/mol. The second kappa shape index (κ2) is 6.37. The van der Waals surface area contributed by atoms with Crippen LogP contribution in [-0.2, 0) is 4.79 Å². The Hall–Kier alpha value is -3.06. The SMILES string of the molecule is O=C(/C=C\c1ccc([N+](=O)[O-])cc1)Nc1ccc2ncsc2c1. The van der Waals surface area contributed by atoms with Gasteiger partial charge < -0.3 is 5.32 Å². The van der Waals surface area contributed by atoms with Crippen molar-refractivity contribution in [3.63, 3.8) is 0 Å². The van der Waals surface area contributed by atoms with Crippen molar-refractivity contribution in [3.05, 3.63) is 69.7 Å². The summed E-state index contributed by atoms with van der Waals surface area (Å²) in [6.45, 7) is 0. The van der Waals surface area contributed by atoms with E-state index in [4.69, 9.17) is 0 Å². The molecule has 2 aromatic carbocycles. The smallest absolute Gasteiger partial charge is 0.269 e. The number of benzene rings is 2. The summed E-state index contributed by atoms with van der Waals surface area (Å²) in [4.78, 5) is 26.2. The van der Waals surface area contributed by atoms with Crippen molar-refractivity contribution in [1.29, 1.82) is 0 Å². The predicted molar refractivity (Wildman–Crippen MR) is 90.4 cm³/mol. The van der Waals surface area contributed by atoms with Gasteiger partial charge in [-0.05, 0) is 42.0 Å². The van der Waals surface area contributed by atoms with E-state index in [2.05, 4.69) is 10.3 Å². The Balaban J connectivity index is 1.67. The Labute approximate surface area is 135 Å². The molecule has 1 aromatic heterocycles. The highest BCUT2D eigenvalue weighted by Crippen LogP contribution is 2.21. The molecule has 0 bridgehead atoms. The first-order valence-electron chi connectivity index (χ1n) is 6.68. The molecule has 0 aliphatic carbocycles. The minimum atomic E-state index is -0.463. The zero-order valence-electron chi connectivity index (χ0n) is 11.8. The standard InChI is InChI=1S/C16H11N3O3S/c20-16(8-3-11-1-5-13(6-2-11)19(21)22)18-12-4-7-14-15(9-12)23-10-17-14/h1-10H,(H,18,20)/b8-3-. The Morgan fingerprint density at radius 2 is 2.00 bits per heavy atom. The van der Waals surface area contributed by atoms with Crippen molar-refractivity contribution >= 4 is 44.9 Å². The van der Waals surface area contributed by atoms with Gasteiger partial charge in [-0.25, -0.2) is 4.98 Å². The molecule has 0 aliphatic heterocycles. The lowest BCUT2D eigenvalue weighted by Gasteiger charge is -2.01. The molecule has 1 N–H and O–H groups in total. The Bertz CT molecular complexity index is 900. The van der Waals surface area contributed by atoms with Crippen LogP contribution < -0.4 is 5.32 Å². The lowest BCUT2D eigenvalue weighted by molar-refractivity contribution is -0.384. The lowest BCUT2D eigenvalue weighted by Crippen LogP contribution is -2.07. The number of nitro groups is 1. The molecule has 0 radical (unpaired) electrons. The van der Waals surface area contributed by atoms with E-state index in [0.29, 0.717) is 11.3 Å². The van der Waals surface area contributed by atoms with Gasteiger partial charge in [0.2, 0.25) is 5.91 Å². The molecule has 0 atom stereocenters. The normalized spacial score (nSPS) is 11.0. The van der Waals surface area contributed by atoms with Crippen LogP contribution >= 0.6 is 11.3 Å². The van der Waals surface area contributed by atoms with E-state index >= 15 is 0 Å². The first-order valence-corrected chi connectivity index (χ1v) is 7.56. The number of fused-ring (bicyclic) bond motifs is 1. The second-order valence-electron chi connectivity index (χ2n) is 4.71. The van der Waals surface area contributed by atoms with E-state index in [9.17, 15) is 14.9 Å². The summed E-state index contributed by atoms with van der Waals surface area (Å²) in [5.74, 6) is -0.271. The van der Waals surface area contributed by atoms with Gasteiger partial charge in [-0.2, -0.15) is 0 Å². The van der Waals surface area contributed by atoms with Gasteiger partial charge in [0.25, 0.3) is 5.69 Å². The fourth-order valence-corrected chi connectivity index (χ4v) is 2.71. The number of non-ortho nitro benzene ring substituents is 1. The summed E-state index contributed by atoms with van der Waals surface area (Å²) in [7, 11) is 0. The third-order valence-electron chi connectivity index (χ3n) is 3.13. The van der Waals surface area contributed by atoms with Gasteiger partial charge in [-0.1, -0.05) is 0 Å². The zero-order chi connectivity index (χ0) is 16.2. The summed E-state index contributed by atoms with van der Waals surface area (Å²) in [5, 5.41) is 13.3. The molecule has 1 heterocycles. The van der Waals surface area contributed by atoms with Crippen LogP contribution in [0.5, 0.6) is 0 Å². The summed E-state index contributed by atoms with van der Waals surface area (Å²) < 4.78 is 1.00. The number of anilines is 1. The maximum Gasteiger partial charge on any atom is 0.269 e. The maximum absolute atomic E-state index is 11.9. The highest BCUT2D eigenvalue weighted by molar-refractivity contribution is 7.16. The van der Waals surface area contributed by atoms with E-state index in [1.54, 1.807) is 29.8 Å². The number of nitrogens with zero attached hydrogens (tertiary/aromatic N) is 2. The molecule has 0 saturated heterocycles. The van der Waals surface area contributed by atoms with Crippen LogP contribution in [-0.4, -0.2) is 15.8 Å². The minimum Gasteiger partial charge on any atom is -0.322 e. The summed E-state index contributed by atoms with van der Waals surface area (Å²) in [6, 6.07) is 11.5. The molecular formula is C16H11N3O3S. The van der Waals surface area contributed by atoms with Gasteiger partial charge in [-0.3, -0.25) is 14.9 Å². The number of carbonyl (C=O) groups is 1. The quantitative estimate of drug-likeness (QED) is 0.448. The van der Waals surface area contributed by atoms with Gasteiger partial charge >= 0.3 is 0 Å². The number of rotatable bonds is 4. The van der Waals surface area contributed by atoms with Crippen LogP contribution in [0.4, 0.5) is 11.4 Å². The number of carbonyl (C=O) groups excluding carboxylic acids is 1. The fourth-order valence-electron chi connectivity index (χ4n) is 2.00. The van der Waals surface area contributed by atoms with Crippen LogP contribution in [0, 0.1) is 10.1 Å². The van der Waals surface area contributed by atoms with Crippen LogP contribution in [0.2, 0.25) is 0 Å². The first-order chi connectivity index (χ1) is 11.1. The molecule has 7 heteroatoms. The van der Waals surface area contributed by atoms with Crippen molar-refractivity contribution in [1.82, 2.24) is 4.98 Å². The zero-order valence-corrected chi connectivity index (χ0v) is 12.6. The van der Waals surface area contributed by atoms with Crippen molar-refractivity contribution in [2.75, 3.05) is 5.32 Å². The van der Waals surface area contributed by atoms with E-state index in [1.165, 1.54) is 29.5 Å². The number of hydrogen-bond donors (Lipinski definition) is 1. The van der Waals surface area contributed by atoms with E-state index in [-0.39, 0.29) is 11.6 Å². The van der Waals surface area contributed by atoms with Crippen LogP contribution in [0.25, 0.3) is 16.3 Å². The van der Waals surface area contributed by atoms with Crippen LogP contribution in [0.3, 0.4) is 0 Å². The number of nitrogens with one attached hydrogen (secondary N) is 1. The molecule has 0 saturated carbocycles. The Morgan fingerprint density at radius 3 is 2.74 bits per heavy atom. The molecule has 0 spiro atoms. The molecule has 0 aliphatic rings. The summed E-state index contributed by atoms with van der Waals surface area (Å²) in [5.41, 5.74) is 4.08. The maximum atomic E-state index is 11.9. The third-order valence-corrected chi connectivity index (χ3v) is 3.92. The second-order valence-corrected chi connectivity index (χ2v) is 5.59. The molecule has 1 amide bonds. The van der Waals surface area contributed by atoms with Gasteiger partial charge in [-0.15, -0.1) is 11.3 Å². The van der Waals surface area contributed by atoms with E-state index in [0.717, 1.165) is 10.2 Å². The molecule has 0 fully saturated rings. The van der Waals surface area contributed by atoms with Gasteiger partial charge in [0.05, 0.1) is 20.7 Å². The first kappa shape index (κ1) is 14.9. The minimum absolute atomic E-state index is 0.0180. The molecule has 3 rings (SSSR count). The largest absolute Gasteiger partial charge is 0.322 e. The third kappa shape index (κ3) is 3.58. The summed E-state index contributed by atoms with van der Waals surface area (Å²) >= 11 is 1.51. The van der Waals surface area contributed by atoms with Gasteiger partial charge in [0, 0.05) is 23.9 Å². The van der Waals surface area contributed by atoms with E-state index in [1.807, 2.05) is 12.1 Å². The van der Waals surface area contributed by atoms with Gasteiger partial charge in [0.15, 0.2) is 0 Å². The van der Waals surface area contributed by atoms with Crippen molar-refractivity contribution in [2.45, 2.75) is 0 Å². The van der Waals surface area contributed by atoms with Crippen molar-refractivity contribution < 1.29 is 9.72 Å². The number of hydrogen-bond acceptors (Lipinski definition) is 5. The fraction of sp³-hybridized carbons (Fsp3) is 0. The Kier molecular flexibility index (Phi) is 4.11. The molecule has 6 nitrogen and oxygen atoms in total. The monoisotopic (exact) mass is 325 g/mol. The van der Waals surface area contributed by atoms with Crippen molar-refractivity contribution in [3.8, 4) is 0 Å². The number of aromatic nitrogens is 1. The Morgan fingerprint density at radius 1 is 1.22 bits per heavy atom.